The minimum Gasteiger partial charge on any atom is -0.496 e. The van der Waals surface area contributed by atoms with Crippen molar-refractivity contribution in [3.8, 4) is 5.75 Å². The number of ether oxygens (including phenoxy) is 1. The molecule has 2 N–H and O–H groups in total. The average Bonchev–Trinajstić information content (AvgIpc) is 2.93. The lowest BCUT2D eigenvalue weighted by atomic mass is 10.2. The highest BCUT2D eigenvalue weighted by atomic mass is 79.9. The van der Waals surface area contributed by atoms with Crippen molar-refractivity contribution in [1.29, 1.82) is 0 Å². The maximum atomic E-state index is 12.2. The van der Waals surface area contributed by atoms with Crippen molar-refractivity contribution in [3.05, 3.63) is 34.3 Å². The van der Waals surface area contributed by atoms with Gasteiger partial charge in [-0.3, -0.25) is 4.79 Å². The molecule has 1 unspecified atom stereocenters. The van der Waals surface area contributed by atoms with Gasteiger partial charge in [0.25, 0.3) is 0 Å². The molecule has 1 saturated heterocycles. The van der Waals surface area contributed by atoms with Gasteiger partial charge >= 0.3 is 0 Å². The second-order valence-corrected chi connectivity index (χ2v) is 5.70. The summed E-state index contributed by atoms with van der Waals surface area (Å²) in [4.78, 5) is 14.1. The second kappa shape index (κ2) is 6.90. The third-order valence-corrected chi connectivity index (χ3v) is 4.02. The molecule has 108 valence electrons. The number of hydrogen-bond donors (Lipinski definition) is 1. The first-order valence-electron chi connectivity index (χ1n) is 6.68. The quantitative estimate of drug-likeness (QED) is 0.857. The zero-order valence-electron chi connectivity index (χ0n) is 11.5. The van der Waals surface area contributed by atoms with Crippen molar-refractivity contribution in [1.82, 2.24) is 4.90 Å². The van der Waals surface area contributed by atoms with Crippen LogP contribution >= 0.6 is 15.9 Å². The molecule has 1 heterocycles. The van der Waals surface area contributed by atoms with Crippen LogP contribution in [-0.4, -0.2) is 37.0 Å². The molecule has 1 aliphatic rings. The molecule has 20 heavy (non-hydrogen) atoms. The highest BCUT2D eigenvalue weighted by Gasteiger charge is 2.25. The number of halogens is 1. The fraction of sp³-hybridized carbons (Fsp3) is 0.400. The first-order valence-corrected chi connectivity index (χ1v) is 7.47. The van der Waals surface area contributed by atoms with E-state index in [1.807, 2.05) is 23.1 Å². The van der Waals surface area contributed by atoms with Crippen LogP contribution in [0, 0.1) is 0 Å². The fourth-order valence-corrected chi connectivity index (χ4v) is 2.84. The minimum absolute atomic E-state index is 0.0139. The summed E-state index contributed by atoms with van der Waals surface area (Å²) in [5.74, 6) is 0.758. The Morgan fingerprint density at radius 2 is 2.40 bits per heavy atom. The molecule has 1 aromatic rings. The number of nitrogens with zero attached hydrogens (tertiary/aromatic N) is 1. The smallest absolute Gasteiger partial charge is 0.246 e. The van der Waals surface area contributed by atoms with Gasteiger partial charge < -0.3 is 15.4 Å². The lowest BCUT2D eigenvalue weighted by molar-refractivity contribution is -0.126. The van der Waals surface area contributed by atoms with E-state index in [1.54, 1.807) is 19.3 Å². The number of methoxy groups -OCH3 is 1. The van der Waals surface area contributed by atoms with Crippen LogP contribution in [0.3, 0.4) is 0 Å². The van der Waals surface area contributed by atoms with Crippen LogP contribution in [0.5, 0.6) is 5.75 Å². The van der Waals surface area contributed by atoms with Crippen LogP contribution in [-0.2, 0) is 4.79 Å². The summed E-state index contributed by atoms with van der Waals surface area (Å²) < 4.78 is 6.23. The SMILES string of the molecule is COc1ccc(Br)cc1C=CC(=O)N1CCCC1CN. The topological polar surface area (TPSA) is 55.6 Å². The highest BCUT2D eigenvalue weighted by Crippen LogP contribution is 2.24. The zero-order valence-corrected chi connectivity index (χ0v) is 13.1. The van der Waals surface area contributed by atoms with Gasteiger partial charge in [0, 0.05) is 35.2 Å². The van der Waals surface area contributed by atoms with Gasteiger partial charge in [-0.1, -0.05) is 15.9 Å². The predicted molar refractivity (Wildman–Crippen MR) is 83.5 cm³/mol. The first-order chi connectivity index (χ1) is 9.65. The summed E-state index contributed by atoms with van der Waals surface area (Å²) >= 11 is 3.42. The van der Waals surface area contributed by atoms with Crippen molar-refractivity contribution in [2.24, 2.45) is 5.73 Å². The van der Waals surface area contributed by atoms with Gasteiger partial charge in [0.15, 0.2) is 0 Å². The fourth-order valence-electron chi connectivity index (χ4n) is 2.46. The third-order valence-electron chi connectivity index (χ3n) is 3.53. The summed E-state index contributed by atoms with van der Waals surface area (Å²) in [6.45, 7) is 1.32. The van der Waals surface area contributed by atoms with Gasteiger partial charge in [0.2, 0.25) is 5.91 Å². The van der Waals surface area contributed by atoms with E-state index in [1.165, 1.54) is 0 Å². The Bertz CT molecular complexity index is 517. The number of carbonyl (C=O) groups is 1. The Balaban J connectivity index is 2.12. The maximum Gasteiger partial charge on any atom is 0.246 e. The molecular weight excluding hydrogens is 320 g/mol. The monoisotopic (exact) mass is 338 g/mol. The van der Waals surface area contributed by atoms with E-state index in [0.29, 0.717) is 6.54 Å². The molecule has 1 amide bonds. The molecule has 0 bridgehead atoms. The van der Waals surface area contributed by atoms with E-state index in [-0.39, 0.29) is 11.9 Å². The molecule has 1 fully saturated rings. The number of hydrogen-bond acceptors (Lipinski definition) is 3. The van der Waals surface area contributed by atoms with Crippen molar-refractivity contribution >= 4 is 27.9 Å². The van der Waals surface area contributed by atoms with E-state index >= 15 is 0 Å². The van der Waals surface area contributed by atoms with Gasteiger partial charge in [0.1, 0.15) is 5.75 Å². The number of nitrogens with two attached hydrogens (primary N) is 1. The molecule has 1 aliphatic heterocycles. The number of carbonyl (C=O) groups excluding carboxylic acids is 1. The molecule has 0 aliphatic carbocycles. The van der Waals surface area contributed by atoms with Gasteiger partial charge in [-0.05, 0) is 37.1 Å². The molecule has 0 spiro atoms. The molecule has 5 heteroatoms. The summed E-state index contributed by atoms with van der Waals surface area (Å²) in [7, 11) is 1.62. The lowest BCUT2D eigenvalue weighted by Crippen LogP contribution is -2.38. The van der Waals surface area contributed by atoms with Crippen molar-refractivity contribution in [2.75, 3.05) is 20.2 Å². The molecule has 1 atom stereocenters. The van der Waals surface area contributed by atoms with Crippen LogP contribution < -0.4 is 10.5 Å². The average molecular weight is 339 g/mol. The number of amides is 1. The van der Waals surface area contributed by atoms with Crippen LogP contribution in [0.1, 0.15) is 18.4 Å². The van der Waals surface area contributed by atoms with Gasteiger partial charge in [-0.2, -0.15) is 0 Å². The van der Waals surface area contributed by atoms with E-state index in [0.717, 1.165) is 35.2 Å². The van der Waals surface area contributed by atoms with E-state index < -0.39 is 0 Å². The number of rotatable bonds is 4. The Kier molecular flexibility index (Phi) is 5.20. The Morgan fingerprint density at radius 1 is 1.60 bits per heavy atom. The highest BCUT2D eigenvalue weighted by molar-refractivity contribution is 9.10. The second-order valence-electron chi connectivity index (χ2n) is 4.78. The van der Waals surface area contributed by atoms with Gasteiger partial charge in [-0.25, -0.2) is 0 Å². The third kappa shape index (κ3) is 3.41. The van der Waals surface area contributed by atoms with Crippen LogP contribution in [0.15, 0.2) is 28.7 Å². The number of likely N-dealkylation sites (tertiary alicyclic amines) is 1. The molecule has 0 aromatic heterocycles. The zero-order chi connectivity index (χ0) is 14.5. The van der Waals surface area contributed by atoms with Crippen LogP contribution in [0.25, 0.3) is 6.08 Å². The van der Waals surface area contributed by atoms with Crippen molar-refractivity contribution < 1.29 is 9.53 Å². The molecule has 2 rings (SSSR count). The molecule has 1 aromatic carbocycles. The van der Waals surface area contributed by atoms with E-state index in [9.17, 15) is 4.79 Å². The maximum absolute atomic E-state index is 12.2. The lowest BCUT2D eigenvalue weighted by Gasteiger charge is -2.21. The Morgan fingerprint density at radius 3 is 3.10 bits per heavy atom. The Hall–Kier alpha value is -1.33. The molecule has 0 radical (unpaired) electrons. The summed E-state index contributed by atoms with van der Waals surface area (Å²) in [5.41, 5.74) is 6.56. The minimum atomic E-state index is 0.0139. The van der Waals surface area contributed by atoms with Crippen LogP contribution in [0.4, 0.5) is 0 Å². The van der Waals surface area contributed by atoms with Crippen molar-refractivity contribution in [2.45, 2.75) is 18.9 Å². The summed E-state index contributed by atoms with van der Waals surface area (Å²) in [6.07, 6.45) is 5.41. The van der Waals surface area contributed by atoms with Gasteiger partial charge in [0.05, 0.1) is 7.11 Å². The molecule has 4 nitrogen and oxygen atoms in total. The number of benzene rings is 1. The van der Waals surface area contributed by atoms with Crippen LogP contribution in [0.2, 0.25) is 0 Å². The van der Waals surface area contributed by atoms with Gasteiger partial charge in [-0.15, -0.1) is 0 Å². The summed E-state index contributed by atoms with van der Waals surface area (Å²) in [5, 5.41) is 0. The summed E-state index contributed by atoms with van der Waals surface area (Å²) in [6, 6.07) is 5.87. The van der Waals surface area contributed by atoms with Crippen molar-refractivity contribution in [3.63, 3.8) is 0 Å². The van der Waals surface area contributed by atoms with E-state index in [4.69, 9.17) is 10.5 Å². The Labute approximate surface area is 127 Å². The standard InChI is InChI=1S/C15H19BrN2O2/c1-20-14-6-5-12(16)9-11(14)4-7-15(19)18-8-2-3-13(18)10-17/h4-7,9,13H,2-3,8,10,17H2,1H3. The first kappa shape index (κ1) is 15.1. The van der Waals surface area contributed by atoms with E-state index in [2.05, 4.69) is 15.9 Å². The largest absolute Gasteiger partial charge is 0.496 e. The normalized spacial score (nSPS) is 18.8. The predicted octanol–water partition coefficient (Wildman–Crippen LogP) is 2.42. The molecule has 0 saturated carbocycles. The molecular formula is C15H19BrN2O2.